The van der Waals surface area contributed by atoms with Crippen LogP contribution in [0.25, 0.3) is 6.08 Å². The Kier molecular flexibility index (Phi) is 8.91. The smallest absolute Gasteiger partial charge is 0.340 e. The van der Waals surface area contributed by atoms with E-state index < -0.39 is 21.9 Å². The van der Waals surface area contributed by atoms with Crippen molar-refractivity contribution in [2.75, 3.05) is 7.11 Å². The van der Waals surface area contributed by atoms with E-state index in [0.29, 0.717) is 16.5 Å². The van der Waals surface area contributed by atoms with Crippen molar-refractivity contribution in [1.82, 2.24) is 14.2 Å². The molecular weight excluding hydrogens is 590 g/mol. The Balaban J connectivity index is 1.45. The minimum atomic E-state index is -3.94. The first-order valence-corrected chi connectivity index (χ1v) is 15.1. The highest BCUT2D eigenvalue weighted by Gasteiger charge is 2.37. The van der Waals surface area contributed by atoms with Gasteiger partial charge in [0.1, 0.15) is 11.5 Å². The summed E-state index contributed by atoms with van der Waals surface area (Å²) in [6.07, 6.45) is 4.76. The second-order valence-corrected chi connectivity index (χ2v) is 12.2. The molecule has 0 N–H and O–H groups in total. The molecule has 0 spiro atoms. The van der Waals surface area contributed by atoms with Crippen LogP contribution in [-0.4, -0.2) is 41.6 Å². The van der Waals surface area contributed by atoms with Crippen LogP contribution in [0.2, 0.25) is 5.02 Å². The summed E-state index contributed by atoms with van der Waals surface area (Å²) in [6, 6.07) is 22.1. The number of pyridine rings is 1. The standard InChI is InChI=1S/C32H28ClN3O6S/c1-22-30(32(38)41-2)29(31(37)36(22)20-24-9-6-16-34-18-24)17-26-12-13-27(42-26)21-35(19-23-7-4-3-5-8-23)43(39,40)28-14-10-25(33)11-15-28/h3-18H,19-21H2,1-2H3/b29-17+. The lowest BCUT2D eigenvalue weighted by atomic mass is 10.1. The zero-order chi connectivity index (χ0) is 30.6. The Morgan fingerprint density at radius 3 is 2.40 bits per heavy atom. The number of rotatable bonds is 10. The van der Waals surface area contributed by atoms with E-state index in [9.17, 15) is 18.0 Å². The summed E-state index contributed by atoms with van der Waals surface area (Å²) in [6.45, 7) is 1.91. The number of ether oxygens (including phenoxy) is 1. The summed E-state index contributed by atoms with van der Waals surface area (Å²) in [5.41, 5.74) is 2.28. The predicted octanol–water partition coefficient (Wildman–Crippen LogP) is 5.59. The predicted molar refractivity (Wildman–Crippen MR) is 161 cm³/mol. The first kappa shape index (κ1) is 30.0. The minimum absolute atomic E-state index is 0.0805. The molecule has 0 aliphatic carbocycles. The van der Waals surface area contributed by atoms with Crippen LogP contribution in [0.15, 0.2) is 117 Å². The van der Waals surface area contributed by atoms with Gasteiger partial charge in [-0.3, -0.25) is 9.78 Å². The molecule has 3 heterocycles. The van der Waals surface area contributed by atoms with E-state index in [1.807, 2.05) is 36.4 Å². The van der Waals surface area contributed by atoms with Crippen LogP contribution in [0.1, 0.15) is 29.6 Å². The maximum Gasteiger partial charge on any atom is 0.340 e. The van der Waals surface area contributed by atoms with Crippen molar-refractivity contribution in [3.05, 3.63) is 136 Å². The van der Waals surface area contributed by atoms with E-state index in [1.165, 1.54) is 46.7 Å². The number of amides is 1. The molecule has 43 heavy (non-hydrogen) atoms. The van der Waals surface area contributed by atoms with Crippen LogP contribution < -0.4 is 0 Å². The van der Waals surface area contributed by atoms with E-state index in [4.69, 9.17) is 20.8 Å². The number of nitrogens with zero attached hydrogens (tertiary/aromatic N) is 3. The lowest BCUT2D eigenvalue weighted by Crippen LogP contribution is -2.30. The molecule has 0 atom stereocenters. The summed E-state index contributed by atoms with van der Waals surface area (Å²) in [4.78, 5) is 31.9. The van der Waals surface area contributed by atoms with Crippen molar-refractivity contribution >= 4 is 39.6 Å². The number of sulfonamides is 1. The van der Waals surface area contributed by atoms with Crippen LogP contribution in [0.5, 0.6) is 0 Å². The molecule has 5 rings (SSSR count). The molecular formula is C32H28ClN3O6S. The number of furan rings is 1. The second kappa shape index (κ2) is 12.8. The maximum absolute atomic E-state index is 13.7. The number of esters is 1. The van der Waals surface area contributed by atoms with E-state index in [2.05, 4.69) is 4.98 Å². The normalized spacial score (nSPS) is 14.7. The van der Waals surface area contributed by atoms with Crippen molar-refractivity contribution < 1.29 is 27.2 Å². The molecule has 2 aromatic heterocycles. The van der Waals surface area contributed by atoms with Crippen LogP contribution >= 0.6 is 11.6 Å². The molecule has 0 saturated carbocycles. The fourth-order valence-corrected chi connectivity index (χ4v) is 6.25. The van der Waals surface area contributed by atoms with Gasteiger partial charge in [-0.05, 0) is 66.6 Å². The molecule has 2 aromatic carbocycles. The zero-order valence-electron chi connectivity index (χ0n) is 23.4. The molecule has 4 aromatic rings. The van der Waals surface area contributed by atoms with Crippen molar-refractivity contribution in [3.63, 3.8) is 0 Å². The Bertz CT molecular complexity index is 1800. The fraction of sp³-hybridized carbons (Fsp3) is 0.156. The van der Waals surface area contributed by atoms with Gasteiger partial charge in [-0.25, -0.2) is 13.2 Å². The molecule has 1 amide bonds. The Morgan fingerprint density at radius 1 is 1.00 bits per heavy atom. The van der Waals surface area contributed by atoms with Crippen LogP contribution in [-0.2, 0) is 44.0 Å². The average molecular weight is 618 g/mol. The molecule has 1 aliphatic rings. The second-order valence-electron chi connectivity index (χ2n) is 9.78. The highest BCUT2D eigenvalue weighted by atomic mass is 35.5. The number of hydrogen-bond acceptors (Lipinski definition) is 7. The zero-order valence-corrected chi connectivity index (χ0v) is 25.0. The summed E-state index contributed by atoms with van der Waals surface area (Å²) in [7, 11) is -2.69. The highest BCUT2D eigenvalue weighted by molar-refractivity contribution is 7.89. The monoisotopic (exact) mass is 617 g/mol. The van der Waals surface area contributed by atoms with E-state index >= 15 is 0 Å². The van der Waals surface area contributed by atoms with Crippen LogP contribution in [0.3, 0.4) is 0 Å². The third-order valence-electron chi connectivity index (χ3n) is 6.92. The number of methoxy groups -OCH3 is 1. The van der Waals surface area contributed by atoms with Gasteiger partial charge in [0.15, 0.2) is 0 Å². The van der Waals surface area contributed by atoms with Gasteiger partial charge in [0, 0.05) is 29.7 Å². The number of hydrogen-bond donors (Lipinski definition) is 0. The number of benzene rings is 2. The summed E-state index contributed by atoms with van der Waals surface area (Å²) >= 11 is 5.99. The number of aromatic nitrogens is 1. The number of halogens is 1. The quantitative estimate of drug-likeness (QED) is 0.168. The van der Waals surface area contributed by atoms with E-state index in [1.54, 1.807) is 37.5 Å². The van der Waals surface area contributed by atoms with Gasteiger partial charge in [-0.2, -0.15) is 4.31 Å². The number of carbonyl (C=O) groups excluding carboxylic acids is 2. The Hall–Kier alpha value is -4.51. The van der Waals surface area contributed by atoms with Gasteiger partial charge >= 0.3 is 5.97 Å². The summed E-state index contributed by atoms with van der Waals surface area (Å²) in [5, 5.41) is 0.424. The van der Waals surface area contributed by atoms with Crippen molar-refractivity contribution in [2.45, 2.75) is 31.5 Å². The molecule has 9 nitrogen and oxygen atoms in total. The first-order chi connectivity index (χ1) is 20.7. The Morgan fingerprint density at radius 2 is 1.72 bits per heavy atom. The highest BCUT2D eigenvalue weighted by Crippen LogP contribution is 2.33. The molecule has 220 valence electrons. The number of carbonyl (C=O) groups is 2. The van der Waals surface area contributed by atoms with E-state index in [0.717, 1.165) is 11.1 Å². The third-order valence-corrected chi connectivity index (χ3v) is 8.98. The van der Waals surface area contributed by atoms with E-state index in [-0.39, 0.29) is 41.4 Å². The fourth-order valence-electron chi connectivity index (χ4n) is 4.73. The SMILES string of the molecule is COC(=O)C1=C(C)N(Cc2cccnc2)C(=O)/C1=C/c1ccc(CN(Cc2ccccc2)S(=O)(=O)c2ccc(Cl)cc2)o1. The molecule has 0 unspecified atom stereocenters. The van der Waals surface area contributed by atoms with Crippen molar-refractivity contribution in [3.8, 4) is 0 Å². The van der Waals surface area contributed by atoms with Gasteiger partial charge in [0.2, 0.25) is 10.0 Å². The van der Waals surface area contributed by atoms with Gasteiger partial charge in [-0.1, -0.05) is 48.0 Å². The van der Waals surface area contributed by atoms with Gasteiger partial charge in [0.25, 0.3) is 5.91 Å². The lowest BCUT2D eigenvalue weighted by Gasteiger charge is -2.21. The topological polar surface area (TPSA) is 110 Å². The summed E-state index contributed by atoms with van der Waals surface area (Å²) in [5.74, 6) is -0.422. The number of allylic oxidation sites excluding steroid dienone is 1. The molecule has 0 bridgehead atoms. The van der Waals surface area contributed by atoms with Gasteiger partial charge in [-0.15, -0.1) is 0 Å². The van der Waals surface area contributed by atoms with Crippen LogP contribution in [0.4, 0.5) is 0 Å². The summed E-state index contributed by atoms with van der Waals surface area (Å²) < 4.78 is 39.6. The average Bonchev–Trinajstić information content (AvgIpc) is 3.55. The van der Waals surface area contributed by atoms with Crippen molar-refractivity contribution in [1.29, 1.82) is 0 Å². The minimum Gasteiger partial charge on any atom is -0.465 e. The molecule has 0 fully saturated rings. The maximum atomic E-state index is 13.7. The lowest BCUT2D eigenvalue weighted by molar-refractivity contribution is -0.136. The van der Waals surface area contributed by atoms with Gasteiger partial charge in [0.05, 0.1) is 36.2 Å². The third kappa shape index (κ3) is 6.61. The van der Waals surface area contributed by atoms with Crippen molar-refractivity contribution in [2.24, 2.45) is 0 Å². The molecule has 11 heteroatoms. The molecule has 0 radical (unpaired) electrons. The van der Waals surface area contributed by atoms with Gasteiger partial charge < -0.3 is 14.1 Å². The first-order valence-electron chi connectivity index (χ1n) is 13.3. The molecule has 0 saturated heterocycles. The van der Waals surface area contributed by atoms with Crippen LogP contribution in [0, 0.1) is 0 Å². The molecule has 1 aliphatic heterocycles. The Labute approximate surface area is 254 Å². The largest absolute Gasteiger partial charge is 0.465 e.